The summed E-state index contributed by atoms with van der Waals surface area (Å²) in [4.78, 5) is 43.4. The highest BCUT2D eigenvalue weighted by molar-refractivity contribution is 6.68. The van der Waals surface area contributed by atoms with Gasteiger partial charge in [0.05, 0.1) is 26.3 Å². The van der Waals surface area contributed by atoms with Gasteiger partial charge in [-0.15, -0.1) is 0 Å². The van der Waals surface area contributed by atoms with Gasteiger partial charge in [0.25, 0.3) is 11.1 Å². The van der Waals surface area contributed by atoms with E-state index in [0.717, 1.165) is 12.1 Å². The number of nitrogens with one attached hydrogen (secondary N) is 1. The zero-order chi connectivity index (χ0) is 35.0. The number of hydrogen-bond donors (Lipinski definition) is 2. The Kier molecular flexibility index (Phi) is 11.6. The molecule has 9 nitrogen and oxygen atoms in total. The van der Waals surface area contributed by atoms with Crippen LogP contribution in [0.4, 0.5) is 14.5 Å². The first-order valence-corrected chi connectivity index (χ1v) is 14.7. The van der Waals surface area contributed by atoms with Gasteiger partial charge in [-0.3, -0.25) is 14.6 Å². The summed E-state index contributed by atoms with van der Waals surface area (Å²) in [5.41, 5.74) is 2.40. The number of aromatic nitrogens is 1. The second-order valence-electron chi connectivity index (χ2n) is 9.92. The Hall–Kier alpha value is -5.57. The number of carbonyl (C=O) groups is 3. The van der Waals surface area contributed by atoms with Gasteiger partial charge in [-0.05, 0) is 59.1 Å². The van der Waals surface area contributed by atoms with Crippen molar-refractivity contribution in [3.05, 3.63) is 130 Å². The van der Waals surface area contributed by atoms with E-state index < -0.39 is 34.8 Å². The molecule has 5 rings (SSSR count). The van der Waals surface area contributed by atoms with Crippen LogP contribution in [0.5, 0.6) is 11.5 Å². The van der Waals surface area contributed by atoms with Gasteiger partial charge in [-0.25, -0.2) is 18.4 Å². The van der Waals surface area contributed by atoms with Crippen molar-refractivity contribution < 1.29 is 37.7 Å². The van der Waals surface area contributed by atoms with Gasteiger partial charge in [-0.2, -0.15) is 0 Å². The standard InChI is InChI=1S/C27H19ClFN3O4.C8H6ClFO2/c1-30-16-9-11-18(20(28)14-16)19-10-8-15(17-5-4-12-31-25(17)19)13-22(27(34)35)32-26(33)24-21(29)6-3-7-23(24)36-2;1-12-6-4-2-3-5(10)7(6)8(9)11/h3-12,14,22H,13H2,2H3,(H,32,33)(H,34,35);2-4H,1H3/t22-;/m0./s1. The number of carboxylic acid groups (broad SMARTS) is 1. The number of methoxy groups -OCH3 is 2. The van der Waals surface area contributed by atoms with Crippen LogP contribution in [0.3, 0.4) is 0 Å². The third kappa shape index (κ3) is 7.86. The molecule has 1 atom stereocenters. The number of carbonyl (C=O) groups excluding carboxylic acids is 2. The summed E-state index contributed by atoms with van der Waals surface area (Å²) < 4.78 is 37.0. The number of ether oxygens (including phenoxy) is 2. The van der Waals surface area contributed by atoms with Crippen LogP contribution in [0.25, 0.3) is 26.9 Å². The number of fused-ring (bicyclic) bond motifs is 1. The molecule has 0 bridgehead atoms. The molecule has 0 fully saturated rings. The molecular weight excluding hydrogens is 667 g/mol. The average molecular weight is 693 g/mol. The van der Waals surface area contributed by atoms with Crippen molar-refractivity contribution in [2.75, 3.05) is 14.2 Å². The van der Waals surface area contributed by atoms with Crippen molar-refractivity contribution in [3.63, 3.8) is 0 Å². The molecule has 2 N–H and O–H groups in total. The van der Waals surface area contributed by atoms with Crippen LogP contribution < -0.4 is 14.8 Å². The molecule has 0 aliphatic heterocycles. The molecule has 0 saturated heterocycles. The molecular formula is C35H25Cl2F2N3O6. The summed E-state index contributed by atoms with van der Waals surface area (Å²) in [6, 6.07) is 18.6. The van der Waals surface area contributed by atoms with E-state index in [1.807, 2.05) is 0 Å². The maximum atomic E-state index is 14.3. The van der Waals surface area contributed by atoms with Crippen molar-refractivity contribution in [1.82, 2.24) is 10.3 Å². The summed E-state index contributed by atoms with van der Waals surface area (Å²) in [5, 5.41) is 12.4. The number of carboxylic acids is 1. The van der Waals surface area contributed by atoms with Crippen molar-refractivity contribution in [2.45, 2.75) is 12.5 Å². The number of rotatable bonds is 9. The van der Waals surface area contributed by atoms with E-state index in [4.69, 9.17) is 39.2 Å². The summed E-state index contributed by atoms with van der Waals surface area (Å²) in [5.74, 6) is -3.53. The molecule has 48 heavy (non-hydrogen) atoms. The van der Waals surface area contributed by atoms with Gasteiger partial charge in [-0.1, -0.05) is 54.1 Å². The summed E-state index contributed by atoms with van der Waals surface area (Å²) in [7, 11) is 2.64. The Bertz CT molecular complexity index is 2070. The van der Waals surface area contributed by atoms with Gasteiger partial charge in [0.2, 0.25) is 0 Å². The highest BCUT2D eigenvalue weighted by atomic mass is 35.5. The number of hydrogen-bond acceptors (Lipinski definition) is 6. The van der Waals surface area contributed by atoms with E-state index in [2.05, 4.69) is 15.1 Å². The van der Waals surface area contributed by atoms with Crippen LogP contribution in [0, 0.1) is 18.2 Å². The first-order valence-electron chi connectivity index (χ1n) is 13.9. The lowest BCUT2D eigenvalue weighted by Crippen LogP contribution is -2.42. The number of pyridine rings is 1. The lowest BCUT2D eigenvalue weighted by atomic mass is 9.95. The minimum Gasteiger partial charge on any atom is -0.496 e. The van der Waals surface area contributed by atoms with E-state index in [0.29, 0.717) is 38.3 Å². The molecule has 0 radical (unpaired) electrons. The quantitative estimate of drug-likeness (QED) is 0.119. The molecule has 0 spiro atoms. The zero-order valence-corrected chi connectivity index (χ0v) is 26.8. The summed E-state index contributed by atoms with van der Waals surface area (Å²) in [6.07, 6.45) is 1.53. The maximum absolute atomic E-state index is 14.3. The second kappa shape index (κ2) is 15.8. The normalized spacial score (nSPS) is 11.0. The third-order valence-electron chi connectivity index (χ3n) is 7.07. The predicted octanol–water partition coefficient (Wildman–Crippen LogP) is 7.89. The fraction of sp³-hybridized carbons (Fsp3) is 0.114. The molecule has 0 aliphatic carbocycles. The Labute approximate surface area is 283 Å². The fourth-order valence-corrected chi connectivity index (χ4v) is 5.29. The highest BCUT2D eigenvalue weighted by Gasteiger charge is 2.26. The fourth-order valence-electron chi connectivity index (χ4n) is 4.83. The first kappa shape index (κ1) is 35.3. The number of aliphatic carboxylic acids is 1. The predicted molar refractivity (Wildman–Crippen MR) is 177 cm³/mol. The van der Waals surface area contributed by atoms with Crippen LogP contribution in [0.15, 0.2) is 85.1 Å². The monoisotopic (exact) mass is 691 g/mol. The highest BCUT2D eigenvalue weighted by Crippen LogP contribution is 2.36. The van der Waals surface area contributed by atoms with Crippen LogP contribution in [-0.2, 0) is 11.2 Å². The summed E-state index contributed by atoms with van der Waals surface area (Å²) in [6.45, 7) is 7.16. The molecule has 1 amide bonds. The molecule has 0 unspecified atom stereocenters. The number of nitrogens with zero attached hydrogens (tertiary/aromatic N) is 2. The first-order chi connectivity index (χ1) is 23.0. The van der Waals surface area contributed by atoms with Crippen molar-refractivity contribution >= 4 is 56.9 Å². The molecule has 1 aromatic heterocycles. The van der Waals surface area contributed by atoms with Crippen LogP contribution in [0.2, 0.25) is 5.02 Å². The van der Waals surface area contributed by atoms with Gasteiger partial charge in [0.1, 0.15) is 40.3 Å². The van der Waals surface area contributed by atoms with E-state index in [9.17, 15) is 28.3 Å². The smallest absolute Gasteiger partial charge is 0.326 e. The lowest BCUT2D eigenvalue weighted by Gasteiger charge is -2.18. The largest absolute Gasteiger partial charge is 0.496 e. The van der Waals surface area contributed by atoms with Crippen LogP contribution >= 0.6 is 23.2 Å². The van der Waals surface area contributed by atoms with E-state index in [1.165, 1.54) is 38.5 Å². The minimum atomic E-state index is -1.35. The lowest BCUT2D eigenvalue weighted by molar-refractivity contribution is -0.139. The molecule has 244 valence electrons. The molecule has 13 heteroatoms. The molecule has 0 aliphatic rings. The van der Waals surface area contributed by atoms with Crippen molar-refractivity contribution in [1.29, 1.82) is 0 Å². The SMILES string of the molecule is COc1cccc(F)c1C(=O)Cl.[C-]#[N+]c1ccc(-c2ccc(C[C@H](NC(=O)c3c(F)cccc3OC)C(=O)O)c3cccnc23)c(Cl)c1. The van der Waals surface area contributed by atoms with Crippen molar-refractivity contribution in [2.24, 2.45) is 0 Å². The average Bonchev–Trinajstić information content (AvgIpc) is 3.07. The minimum absolute atomic E-state index is 0.00300. The zero-order valence-electron chi connectivity index (χ0n) is 25.3. The Morgan fingerprint density at radius 2 is 1.54 bits per heavy atom. The van der Waals surface area contributed by atoms with Gasteiger partial charge in [0, 0.05) is 28.6 Å². The van der Waals surface area contributed by atoms with E-state index >= 15 is 0 Å². The van der Waals surface area contributed by atoms with Gasteiger partial charge >= 0.3 is 5.97 Å². The molecule has 4 aromatic carbocycles. The topological polar surface area (TPSA) is 119 Å². The van der Waals surface area contributed by atoms with E-state index in [1.54, 1.807) is 48.7 Å². The maximum Gasteiger partial charge on any atom is 0.326 e. The molecule has 1 heterocycles. The molecule has 0 saturated carbocycles. The third-order valence-corrected chi connectivity index (χ3v) is 7.58. The molecule has 5 aromatic rings. The Morgan fingerprint density at radius 1 is 0.917 bits per heavy atom. The van der Waals surface area contributed by atoms with Gasteiger partial charge < -0.3 is 19.9 Å². The number of benzene rings is 4. The number of amides is 1. The van der Waals surface area contributed by atoms with Crippen LogP contribution in [0.1, 0.15) is 26.3 Å². The number of halogens is 4. The van der Waals surface area contributed by atoms with Gasteiger partial charge in [0.15, 0.2) is 5.69 Å². The van der Waals surface area contributed by atoms with Crippen molar-refractivity contribution in [3.8, 4) is 22.6 Å². The van der Waals surface area contributed by atoms with Crippen LogP contribution in [-0.4, -0.2) is 47.5 Å². The summed E-state index contributed by atoms with van der Waals surface area (Å²) >= 11 is 11.6. The second-order valence-corrected chi connectivity index (χ2v) is 10.7. The Balaban J connectivity index is 0.000000365. The van der Waals surface area contributed by atoms with E-state index in [-0.39, 0.29) is 29.0 Å². The Morgan fingerprint density at radius 3 is 2.10 bits per heavy atom.